The first kappa shape index (κ1) is 20.4. The number of rotatable bonds is 6. The zero-order valence-electron chi connectivity index (χ0n) is 18.2. The summed E-state index contributed by atoms with van der Waals surface area (Å²) in [4.78, 5) is 0. The zero-order valence-corrected chi connectivity index (χ0v) is 19.0. The van der Waals surface area contributed by atoms with Crippen molar-refractivity contribution in [3.8, 4) is 5.75 Å². The van der Waals surface area contributed by atoms with Crippen molar-refractivity contribution in [1.82, 2.24) is 14.6 Å². The lowest BCUT2D eigenvalue weighted by molar-refractivity contribution is -0.0157. The molecule has 0 unspecified atom stereocenters. The molecule has 0 radical (unpaired) electrons. The van der Waals surface area contributed by atoms with E-state index >= 15 is 0 Å². The number of anilines is 1. The minimum Gasteiger partial charge on any atom is -0.490 e. The molecule has 8 heteroatoms. The number of aromatic nitrogens is 3. The summed E-state index contributed by atoms with van der Waals surface area (Å²) in [7, 11) is -3.43. The van der Waals surface area contributed by atoms with Gasteiger partial charge in [0, 0.05) is 23.2 Å². The molecule has 2 saturated carbocycles. The summed E-state index contributed by atoms with van der Waals surface area (Å²) in [6.07, 6.45) is 7.71. The molecule has 0 aliphatic heterocycles. The van der Waals surface area contributed by atoms with Gasteiger partial charge in [-0.25, -0.2) is 8.42 Å². The Balaban J connectivity index is 1.70. The third-order valence-corrected chi connectivity index (χ3v) is 8.38. The number of nitrogens with one attached hydrogen (secondary N) is 1. The molecule has 29 heavy (non-hydrogen) atoms. The molecule has 3 atom stereocenters. The summed E-state index contributed by atoms with van der Waals surface area (Å²) < 4.78 is 34.0. The Kier molecular flexibility index (Phi) is 4.64. The standard InChI is InChI=1S/C21H32N4O3S/c1-13-9-10-21(5,20(13,3)4)14(2)28-17-11-18-22-23-19(24-29(6,26)27)25(18)12-16(17)15-7-8-15/h11-15H,7-10H2,1-6H3,(H,23,24)/t13-,14-,21+/m1/s1. The van der Waals surface area contributed by atoms with Gasteiger partial charge in [0.25, 0.3) is 0 Å². The van der Waals surface area contributed by atoms with Crippen molar-refractivity contribution in [1.29, 1.82) is 0 Å². The number of fused-ring (bicyclic) bond motifs is 1. The van der Waals surface area contributed by atoms with E-state index in [9.17, 15) is 8.42 Å². The van der Waals surface area contributed by atoms with Gasteiger partial charge < -0.3 is 4.74 Å². The maximum absolute atomic E-state index is 11.6. The van der Waals surface area contributed by atoms with Gasteiger partial charge in [-0.2, -0.15) is 0 Å². The predicted molar refractivity (Wildman–Crippen MR) is 114 cm³/mol. The largest absolute Gasteiger partial charge is 0.490 e. The van der Waals surface area contributed by atoms with Gasteiger partial charge in [0.05, 0.1) is 6.26 Å². The minimum atomic E-state index is -3.43. The normalized spacial score (nSPS) is 27.9. The minimum absolute atomic E-state index is 0.0546. The third-order valence-electron chi connectivity index (χ3n) is 7.83. The molecule has 2 aromatic heterocycles. The van der Waals surface area contributed by atoms with Gasteiger partial charge >= 0.3 is 0 Å². The quantitative estimate of drug-likeness (QED) is 0.757. The van der Waals surface area contributed by atoms with Crippen LogP contribution >= 0.6 is 0 Å². The van der Waals surface area contributed by atoms with E-state index in [1.807, 2.05) is 12.3 Å². The Morgan fingerprint density at radius 1 is 1.24 bits per heavy atom. The van der Waals surface area contributed by atoms with Crippen LogP contribution in [0.2, 0.25) is 0 Å². The number of sulfonamides is 1. The maximum atomic E-state index is 11.6. The molecule has 2 aliphatic carbocycles. The monoisotopic (exact) mass is 420 g/mol. The third kappa shape index (κ3) is 3.49. The Morgan fingerprint density at radius 2 is 1.93 bits per heavy atom. The molecule has 0 spiro atoms. The first-order valence-corrected chi connectivity index (χ1v) is 12.3. The van der Waals surface area contributed by atoms with Gasteiger partial charge in [0.15, 0.2) is 5.65 Å². The first-order valence-electron chi connectivity index (χ1n) is 10.5. The zero-order chi connectivity index (χ0) is 21.2. The summed E-state index contributed by atoms with van der Waals surface area (Å²) in [6, 6.07) is 1.90. The highest BCUT2D eigenvalue weighted by atomic mass is 32.2. The smallest absolute Gasteiger partial charge is 0.242 e. The van der Waals surface area contributed by atoms with Crippen LogP contribution in [0, 0.1) is 16.7 Å². The van der Waals surface area contributed by atoms with Crippen LogP contribution in [-0.2, 0) is 10.0 Å². The van der Waals surface area contributed by atoms with Crippen LogP contribution in [0.3, 0.4) is 0 Å². The fourth-order valence-corrected chi connectivity index (χ4v) is 5.25. The van der Waals surface area contributed by atoms with Gasteiger partial charge in [0.2, 0.25) is 16.0 Å². The Labute approximate surface area is 173 Å². The summed E-state index contributed by atoms with van der Waals surface area (Å²) in [5.74, 6) is 2.16. The molecule has 2 heterocycles. The number of ether oxygens (including phenoxy) is 1. The summed E-state index contributed by atoms with van der Waals surface area (Å²) in [5.41, 5.74) is 1.95. The maximum Gasteiger partial charge on any atom is 0.242 e. The average molecular weight is 421 g/mol. The number of hydrogen-bond acceptors (Lipinski definition) is 5. The van der Waals surface area contributed by atoms with Crippen LogP contribution < -0.4 is 9.46 Å². The van der Waals surface area contributed by atoms with Crippen molar-refractivity contribution in [3.63, 3.8) is 0 Å². The van der Waals surface area contributed by atoms with Crippen LogP contribution in [0.4, 0.5) is 5.95 Å². The molecule has 160 valence electrons. The van der Waals surface area contributed by atoms with Crippen molar-refractivity contribution in [3.05, 3.63) is 17.8 Å². The van der Waals surface area contributed by atoms with E-state index in [1.165, 1.54) is 6.42 Å². The Hall–Kier alpha value is -1.83. The van der Waals surface area contributed by atoms with Crippen molar-refractivity contribution < 1.29 is 13.2 Å². The molecule has 4 rings (SSSR count). The van der Waals surface area contributed by atoms with Gasteiger partial charge in [-0.15, -0.1) is 10.2 Å². The number of nitrogens with zero attached hydrogens (tertiary/aromatic N) is 3. The van der Waals surface area contributed by atoms with E-state index in [0.29, 0.717) is 17.5 Å². The predicted octanol–water partition coefficient (Wildman–Crippen LogP) is 4.21. The van der Waals surface area contributed by atoms with Gasteiger partial charge in [-0.05, 0) is 49.9 Å². The number of hydrogen-bond donors (Lipinski definition) is 1. The highest BCUT2D eigenvalue weighted by molar-refractivity contribution is 7.91. The average Bonchev–Trinajstić information content (AvgIpc) is 3.36. The molecule has 0 bridgehead atoms. The lowest BCUT2D eigenvalue weighted by Crippen LogP contribution is -2.44. The van der Waals surface area contributed by atoms with Crippen LogP contribution in [0.25, 0.3) is 5.65 Å². The van der Waals surface area contributed by atoms with Crippen LogP contribution in [0.5, 0.6) is 5.75 Å². The van der Waals surface area contributed by atoms with Crippen molar-refractivity contribution >= 4 is 21.6 Å². The molecular weight excluding hydrogens is 388 g/mol. The molecule has 0 saturated heterocycles. The molecule has 0 aromatic carbocycles. The van der Waals surface area contributed by atoms with Crippen LogP contribution in [0.15, 0.2) is 12.3 Å². The Bertz CT molecular complexity index is 1040. The first-order chi connectivity index (χ1) is 13.4. The lowest BCUT2D eigenvalue weighted by atomic mass is 9.63. The summed E-state index contributed by atoms with van der Waals surface area (Å²) in [6.45, 7) is 11.6. The van der Waals surface area contributed by atoms with Gasteiger partial charge in [-0.1, -0.05) is 27.7 Å². The molecule has 7 nitrogen and oxygen atoms in total. The lowest BCUT2D eigenvalue weighted by Gasteiger charge is -2.45. The molecule has 2 aromatic rings. The van der Waals surface area contributed by atoms with E-state index in [1.54, 1.807) is 4.40 Å². The topological polar surface area (TPSA) is 85.6 Å². The van der Waals surface area contributed by atoms with E-state index < -0.39 is 10.0 Å². The number of pyridine rings is 1. The SMILES string of the molecule is C[C@@H]1CC[C@@](C)([C@@H](C)Oc2cc3nnc(NS(C)(=O)=O)n3cc2C2CC2)C1(C)C. The molecule has 2 aliphatic rings. The van der Waals surface area contributed by atoms with E-state index in [2.05, 4.69) is 49.5 Å². The van der Waals surface area contributed by atoms with Gasteiger partial charge in [-0.3, -0.25) is 9.12 Å². The second-order valence-corrected chi connectivity index (χ2v) is 11.6. The summed E-state index contributed by atoms with van der Waals surface area (Å²) in [5, 5.41) is 8.17. The molecule has 2 fully saturated rings. The molecular formula is C21H32N4O3S. The van der Waals surface area contributed by atoms with Crippen molar-refractivity contribution in [2.45, 2.75) is 72.3 Å². The van der Waals surface area contributed by atoms with E-state index in [4.69, 9.17) is 4.74 Å². The van der Waals surface area contributed by atoms with Crippen LogP contribution in [-0.4, -0.2) is 35.4 Å². The molecule has 1 N–H and O–H groups in total. The Morgan fingerprint density at radius 3 is 2.48 bits per heavy atom. The van der Waals surface area contributed by atoms with Crippen LogP contribution in [0.1, 0.15) is 71.8 Å². The van der Waals surface area contributed by atoms with Crippen molar-refractivity contribution in [2.24, 2.45) is 16.7 Å². The van der Waals surface area contributed by atoms with Crippen molar-refractivity contribution in [2.75, 3.05) is 11.0 Å². The van der Waals surface area contributed by atoms with E-state index in [0.717, 1.165) is 36.8 Å². The molecule has 0 amide bonds. The van der Waals surface area contributed by atoms with E-state index in [-0.39, 0.29) is 22.9 Å². The second kappa shape index (κ2) is 6.59. The van der Waals surface area contributed by atoms with Gasteiger partial charge in [0.1, 0.15) is 11.9 Å². The fourth-order valence-electron chi connectivity index (χ4n) is 4.78. The fraction of sp³-hybridized carbons (Fsp3) is 0.714. The second-order valence-electron chi connectivity index (χ2n) is 9.83. The highest BCUT2D eigenvalue weighted by Crippen LogP contribution is 2.58. The highest BCUT2D eigenvalue weighted by Gasteiger charge is 2.53. The summed E-state index contributed by atoms with van der Waals surface area (Å²) >= 11 is 0.